The number of likely N-dealkylation sites (tertiary alicyclic amines) is 1. The lowest BCUT2D eigenvalue weighted by atomic mass is 10.0. The van der Waals surface area contributed by atoms with E-state index in [1.807, 2.05) is 30.3 Å². The van der Waals surface area contributed by atoms with Crippen LogP contribution in [0.15, 0.2) is 36.5 Å². The number of carbonyl (C=O) groups is 2. The predicted octanol–water partition coefficient (Wildman–Crippen LogP) is 2.43. The lowest BCUT2D eigenvalue weighted by Crippen LogP contribution is -2.49. The Balaban J connectivity index is 1.71. The quantitative estimate of drug-likeness (QED) is 0.893. The topological polar surface area (TPSA) is 87.3 Å². The third-order valence-corrected chi connectivity index (χ3v) is 4.24. The molecule has 1 aromatic carbocycles. The van der Waals surface area contributed by atoms with Crippen LogP contribution in [0.2, 0.25) is 0 Å². The third kappa shape index (κ3) is 3.99. The van der Waals surface area contributed by atoms with Crippen LogP contribution in [0.25, 0.3) is 11.3 Å². The van der Waals surface area contributed by atoms with E-state index in [0.29, 0.717) is 31.0 Å². The van der Waals surface area contributed by atoms with Crippen molar-refractivity contribution in [2.45, 2.75) is 25.8 Å². The summed E-state index contributed by atoms with van der Waals surface area (Å²) in [5.74, 6) is -0.0806. The van der Waals surface area contributed by atoms with Gasteiger partial charge in [-0.15, -0.1) is 0 Å². The lowest BCUT2D eigenvalue weighted by molar-refractivity contribution is 0.0687. The summed E-state index contributed by atoms with van der Waals surface area (Å²) in [6.07, 6.45) is 2.79. The fourth-order valence-corrected chi connectivity index (χ4v) is 3.06. The van der Waals surface area contributed by atoms with Crippen molar-refractivity contribution in [3.05, 3.63) is 42.1 Å². The molecule has 1 fully saturated rings. The number of hydrogen-bond donors (Lipinski definition) is 2. The maximum absolute atomic E-state index is 12.9. The first-order chi connectivity index (χ1) is 12.2. The Morgan fingerprint density at radius 2 is 2.16 bits per heavy atom. The van der Waals surface area contributed by atoms with Crippen molar-refractivity contribution in [1.82, 2.24) is 20.4 Å². The van der Waals surface area contributed by atoms with E-state index in [2.05, 4.69) is 15.5 Å². The van der Waals surface area contributed by atoms with Crippen LogP contribution in [0, 0.1) is 0 Å². The molecule has 3 rings (SSSR count). The number of rotatable bonds is 4. The molecular weight excluding hydrogens is 320 g/mol. The minimum Gasteiger partial charge on any atom is -0.450 e. The smallest absolute Gasteiger partial charge is 0.407 e. The van der Waals surface area contributed by atoms with Crippen molar-refractivity contribution in [2.24, 2.45) is 0 Å². The standard InChI is InChI=1S/C18H22N4O3/c1-2-25-18(24)20-14-9-6-10-22(12-14)17(23)15-11-19-21-16(15)13-7-4-3-5-8-13/h3-5,7-8,11,14H,2,6,9-10,12H2,1H3,(H,19,21)(H,20,24)/t14-/m0/s1. The van der Waals surface area contributed by atoms with Gasteiger partial charge >= 0.3 is 6.09 Å². The number of hydrogen-bond acceptors (Lipinski definition) is 4. The number of nitrogens with one attached hydrogen (secondary N) is 2. The molecule has 0 radical (unpaired) electrons. The molecule has 0 bridgehead atoms. The van der Waals surface area contributed by atoms with Gasteiger partial charge in [-0.3, -0.25) is 9.89 Å². The molecule has 132 valence electrons. The van der Waals surface area contributed by atoms with E-state index in [4.69, 9.17) is 4.74 Å². The van der Waals surface area contributed by atoms with Gasteiger partial charge in [0.2, 0.25) is 0 Å². The van der Waals surface area contributed by atoms with Gasteiger partial charge in [-0.1, -0.05) is 30.3 Å². The van der Waals surface area contributed by atoms with Gasteiger partial charge in [0.05, 0.1) is 24.1 Å². The highest BCUT2D eigenvalue weighted by Gasteiger charge is 2.28. The predicted molar refractivity (Wildman–Crippen MR) is 93.1 cm³/mol. The average Bonchev–Trinajstić information content (AvgIpc) is 3.12. The Morgan fingerprint density at radius 1 is 1.36 bits per heavy atom. The molecule has 2 heterocycles. The highest BCUT2D eigenvalue weighted by atomic mass is 16.5. The molecule has 1 atom stereocenters. The number of piperidine rings is 1. The van der Waals surface area contributed by atoms with Gasteiger partial charge in [0.15, 0.2) is 0 Å². The molecule has 1 aliphatic heterocycles. The number of aromatic nitrogens is 2. The molecule has 1 aromatic heterocycles. The van der Waals surface area contributed by atoms with Gasteiger partial charge in [0, 0.05) is 24.7 Å². The van der Waals surface area contributed by atoms with E-state index in [9.17, 15) is 9.59 Å². The van der Waals surface area contributed by atoms with Crippen molar-refractivity contribution < 1.29 is 14.3 Å². The first kappa shape index (κ1) is 17.0. The fourth-order valence-electron chi connectivity index (χ4n) is 3.06. The fraction of sp³-hybridized carbons (Fsp3) is 0.389. The molecule has 2 N–H and O–H groups in total. The molecule has 25 heavy (non-hydrogen) atoms. The maximum atomic E-state index is 12.9. The SMILES string of the molecule is CCOC(=O)N[C@H]1CCCN(C(=O)c2cn[nH]c2-c2ccccc2)C1. The highest BCUT2D eigenvalue weighted by molar-refractivity contribution is 5.99. The summed E-state index contributed by atoms with van der Waals surface area (Å²) >= 11 is 0. The van der Waals surface area contributed by atoms with Crippen molar-refractivity contribution >= 4 is 12.0 Å². The summed E-state index contributed by atoms with van der Waals surface area (Å²) in [5.41, 5.74) is 2.18. The van der Waals surface area contributed by atoms with Crippen LogP contribution >= 0.6 is 0 Å². The van der Waals surface area contributed by atoms with E-state index >= 15 is 0 Å². The van der Waals surface area contributed by atoms with Crippen molar-refractivity contribution in [2.75, 3.05) is 19.7 Å². The number of ether oxygens (including phenoxy) is 1. The molecule has 0 aliphatic carbocycles. The van der Waals surface area contributed by atoms with Gasteiger partial charge in [0.1, 0.15) is 0 Å². The van der Waals surface area contributed by atoms with Crippen LogP contribution in [0.4, 0.5) is 4.79 Å². The van der Waals surface area contributed by atoms with Crippen LogP contribution in [0.5, 0.6) is 0 Å². The van der Waals surface area contributed by atoms with E-state index < -0.39 is 6.09 Å². The number of H-pyrrole nitrogens is 1. The summed E-state index contributed by atoms with van der Waals surface area (Å²) < 4.78 is 4.92. The minimum absolute atomic E-state index is 0.0806. The summed E-state index contributed by atoms with van der Waals surface area (Å²) in [7, 11) is 0. The van der Waals surface area contributed by atoms with Crippen LogP contribution in [0.3, 0.4) is 0 Å². The Kier molecular flexibility index (Phi) is 5.33. The normalized spacial score (nSPS) is 17.2. The molecular formula is C18H22N4O3. The van der Waals surface area contributed by atoms with Crippen LogP contribution in [-0.2, 0) is 4.74 Å². The maximum Gasteiger partial charge on any atom is 0.407 e. The van der Waals surface area contributed by atoms with Gasteiger partial charge in [-0.25, -0.2) is 4.79 Å². The van der Waals surface area contributed by atoms with Crippen molar-refractivity contribution in [3.8, 4) is 11.3 Å². The van der Waals surface area contributed by atoms with Crippen LogP contribution in [-0.4, -0.2) is 52.8 Å². The second-order valence-corrected chi connectivity index (χ2v) is 5.98. The second kappa shape index (κ2) is 7.83. The van der Waals surface area contributed by atoms with E-state index in [1.54, 1.807) is 18.0 Å². The average molecular weight is 342 g/mol. The molecule has 1 aliphatic rings. The Hall–Kier alpha value is -2.83. The molecule has 0 saturated carbocycles. The summed E-state index contributed by atoms with van der Waals surface area (Å²) in [4.78, 5) is 26.3. The van der Waals surface area contributed by atoms with Crippen LogP contribution < -0.4 is 5.32 Å². The Bertz CT molecular complexity index is 729. The number of benzene rings is 1. The monoisotopic (exact) mass is 342 g/mol. The Labute approximate surface area is 146 Å². The van der Waals surface area contributed by atoms with E-state index in [-0.39, 0.29) is 11.9 Å². The number of amides is 2. The second-order valence-electron chi connectivity index (χ2n) is 5.98. The van der Waals surface area contributed by atoms with Gasteiger partial charge < -0.3 is 15.0 Å². The van der Waals surface area contributed by atoms with Crippen molar-refractivity contribution in [3.63, 3.8) is 0 Å². The third-order valence-electron chi connectivity index (χ3n) is 4.24. The van der Waals surface area contributed by atoms with E-state index in [1.165, 1.54) is 0 Å². The van der Waals surface area contributed by atoms with Gasteiger partial charge in [-0.05, 0) is 19.8 Å². The number of alkyl carbamates (subject to hydrolysis) is 1. The molecule has 2 aromatic rings. The van der Waals surface area contributed by atoms with Crippen LogP contribution in [0.1, 0.15) is 30.1 Å². The summed E-state index contributed by atoms with van der Waals surface area (Å²) in [6, 6.07) is 9.55. The number of aromatic amines is 1. The summed E-state index contributed by atoms with van der Waals surface area (Å²) in [5, 5.41) is 9.78. The van der Waals surface area contributed by atoms with Crippen molar-refractivity contribution in [1.29, 1.82) is 0 Å². The van der Waals surface area contributed by atoms with E-state index in [0.717, 1.165) is 18.4 Å². The largest absolute Gasteiger partial charge is 0.450 e. The molecule has 0 spiro atoms. The number of carbonyl (C=O) groups excluding carboxylic acids is 2. The molecule has 1 saturated heterocycles. The molecule has 0 unspecified atom stereocenters. The zero-order valence-electron chi connectivity index (χ0n) is 14.2. The minimum atomic E-state index is -0.435. The van der Waals surface area contributed by atoms with Gasteiger partial charge in [-0.2, -0.15) is 5.10 Å². The highest BCUT2D eigenvalue weighted by Crippen LogP contribution is 2.23. The first-order valence-corrected chi connectivity index (χ1v) is 8.50. The molecule has 7 heteroatoms. The first-order valence-electron chi connectivity index (χ1n) is 8.50. The molecule has 2 amide bonds. The number of nitrogens with zero attached hydrogens (tertiary/aromatic N) is 2. The molecule has 7 nitrogen and oxygen atoms in total. The summed E-state index contributed by atoms with van der Waals surface area (Å²) in [6.45, 7) is 3.23. The zero-order valence-corrected chi connectivity index (χ0v) is 14.2. The lowest BCUT2D eigenvalue weighted by Gasteiger charge is -2.32. The zero-order chi connectivity index (χ0) is 17.6. The Morgan fingerprint density at radius 3 is 2.92 bits per heavy atom. The van der Waals surface area contributed by atoms with Gasteiger partial charge in [0.25, 0.3) is 5.91 Å².